The van der Waals surface area contributed by atoms with Gasteiger partial charge in [-0.25, -0.2) is 14.4 Å². The van der Waals surface area contributed by atoms with Crippen molar-refractivity contribution in [3.05, 3.63) is 42.2 Å². The zero-order valence-electron chi connectivity index (χ0n) is 21.2. The number of benzene rings is 1. The van der Waals surface area contributed by atoms with Crippen LogP contribution >= 0.6 is 0 Å². The van der Waals surface area contributed by atoms with Crippen LogP contribution in [0.4, 0.5) is 4.39 Å². The Kier molecular flexibility index (Phi) is 13.7. The highest BCUT2D eigenvalue weighted by atomic mass is 19.1. The topological polar surface area (TPSA) is 35.0 Å². The minimum absolute atomic E-state index is 0.117. The van der Waals surface area contributed by atoms with E-state index in [-0.39, 0.29) is 6.61 Å². The van der Waals surface area contributed by atoms with E-state index in [0.29, 0.717) is 23.9 Å². The van der Waals surface area contributed by atoms with Gasteiger partial charge in [0.05, 0.1) is 0 Å². The summed E-state index contributed by atoms with van der Waals surface area (Å²) in [6.07, 6.45) is 18.2. The fraction of sp³-hybridized carbons (Fsp3) is 0.655. The number of alkyl halides is 1. The predicted octanol–water partition coefficient (Wildman–Crippen LogP) is 8.76. The van der Waals surface area contributed by atoms with Crippen molar-refractivity contribution < 1.29 is 9.13 Å². The summed E-state index contributed by atoms with van der Waals surface area (Å²) < 4.78 is 19.9. The minimum atomic E-state index is -0.912. The third kappa shape index (κ3) is 11.6. The molecule has 0 aliphatic carbocycles. The van der Waals surface area contributed by atoms with Gasteiger partial charge in [0, 0.05) is 18.0 Å². The lowest BCUT2D eigenvalue weighted by Crippen LogP contribution is -2.13. The molecule has 0 aliphatic rings. The highest BCUT2D eigenvalue weighted by Crippen LogP contribution is 2.21. The Labute approximate surface area is 201 Å². The van der Waals surface area contributed by atoms with Crippen molar-refractivity contribution in [1.29, 1.82) is 0 Å². The number of halogens is 1. The van der Waals surface area contributed by atoms with Gasteiger partial charge in [0.15, 0.2) is 5.82 Å². The Bertz CT molecular complexity index is 732. The number of nitrogens with zero attached hydrogens (tertiary/aromatic N) is 2. The molecule has 33 heavy (non-hydrogen) atoms. The van der Waals surface area contributed by atoms with Gasteiger partial charge in [-0.3, -0.25) is 0 Å². The molecule has 0 saturated carbocycles. The highest BCUT2D eigenvalue weighted by Gasteiger charge is 2.10. The number of ether oxygens (including phenoxy) is 1. The monoisotopic (exact) mass is 456 g/mol. The second-order valence-corrected chi connectivity index (χ2v) is 9.54. The lowest BCUT2D eigenvalue weighted by Gasteiger charge is -2.13. The molecule has 0 spiro atoms. The fourth-order valence-electron chi connectivity index (χ4n) is 4.10. The molecule has 0 saturated heterocycles. The van der Waals surface area contributed by atoms with Crippen LogP contribution in [0.15, 0.2) is 36.7 Å². The van der Waals surface area contributed by atoms with Crippen LogP contribution in [0.25, 0.3) is 11.4 Å². The second-order valence-electron chi connectivity index (χ2n) is 9.54. The summed E-state index contributed by atoms with van der Waals surface area (Å²) in [6.45, 7) is 6.85. The molecule has 2 rings (SSSR count). The SMILES string of the molecule is CCCCCCCCc1cnc(-c2ccc(OCC(F)CCCC(C)CCCC)cc2)nc1. The third-order valence-corrected chi connectivity index (χ3v) is 6.33. The van der Waals surface area contributed by atoms with E-state index in [1.165, 1.54) is 63.4 Å². The van der Waals surface area contributed by atoms with Crippen molar-refractivity contribution >= 4 is 0 Å². The van der Waals surface area contributed by atoms with Gasteiger partial charge in [-0.15, -0.1) is 0 Å². The van der Waals surface area contributed by atoms with Gasteiger partial charge in [0.2, 0.25) is 0 Å². The number of unbranched alkanes of at least 4 members (excludes halogenated alkanes) is 6. The molecule has 2 unspecified atom stereocenters. The molecule has 4 heteroatoms. The molecule has 184 valence electrons. The maximum absolute atomic E-state index is 14.2. The molecular formula is C29H45FN2O. The molecule has 1 heterocycles. The molecule has 1 aromatic heterocycles. The average Bonchev–Trinajstić information content (AvgIpc) is 2.84. The standard InChI is InChI=1S/C29H45FN2O/c1-4-6-8-9-10-11-15-25-21-31-29(32-22-25)26-17-19-28(20-18-26)33-23-27(30)16-12-14-24(3)13-7-5-2/h17-22,24,27H,4-16,23H2,1-3H3. The van der Waals surface area contributed by atoms with Crippen LogP contribution in [0.5, 0.6) is 5.75 Å². The molecule has 1 aromatic carbocycles. The number of hydrogen-bond acceptors (Lipinski definition) is 3. The first-order valence-corrected chi connectivity index (χ1v) is 13.3. The summed E-state index contributed by atoms with van der Waals surface area (Å²) in [4.78, 5) is 9.07. The summed E-state index contributed by atoms with van der Waals surface area (Å²) >= 11 is 0. The minimum Gasteiger partial charge on any atom is -0.491 e. The van der Waals surface area contributed by atoms with Gasteiger partial charge >= 0.3 is 0 Å². The summed E-state index contributed by atoms with van der Waals surface area (Å²) in [5.74, 6) is 2.10. The first-order valence-electron chi connectivity index (χ1n) is 13.3. The van der Waals surface area contributed by atoms with E-state index in [4.69, 9.17) is 4.74 Å². The Hall–Kier alpha value is -1.97. The van der Waals surface area contributed by atoms with Gasteiger partial charge in [0.1, 0.15) is 18.5 Å². The zero-order valence-corrected chi connectivity index (χ0v) is 21.2. The van der Waals surface area contributed by atoms with Crippen molar-refractivity contribution in [2.75, 3.05) is 6.61 Å². The lowest BCUT2D eigenvalue weighted by atomic mass is 9.97. The van der Waals surface area contributed by atoms with Gasteiger partial charge < -0.3 is 4.74 Å². The molecule has 0 amide bonds. The van der Waals surface area contributed by atoms with E-state index in [1.54, 1.807) is 0 Å². The second kappa shape index (κ2) is 16.6. The Morgan fingerprint density at radius 2 is 1.42 bits per heavy atom. The number of aryl methyl sites for hydroxylation is 1. The fourth-order valence-corrected chi connectivity index (χ4v) is 4.10. The zero-order chi connectivity index (χ0) is 23.7. The van der Waals surface area contributed by atoms with Crippen LogP contribution in [0, 0.1) is 5.92 Å². The number of hydrogen-bond donors (Lipinski definition) is 0. The third-order valence-electron chi connectivity index (χ3n) is 6.33. The van der Waals surface area contributed by atoms with Crippen LogP contribution in [-0.2, 0) is 6.42 Å². The highest BCUT2D eigenvalue weighted by molar-refractivity contribution is 5.55. The predicted molar refractivity (Wildman–Crippen MR) is 137 cm³/mol. The van der Waals surface area contributed by atoms with Crippen molar-refractivity contribution in [1.82, 2.24) is 9.97 Å². The molecule has 2 aromatic rings. The van der Waals surface area contributed by atoms with Gasteiger partial charge in [-0.2, -0.15) is 0 Å². The number of rotatable bonds is 18. The maximum Gasteiger partial charge on any atom is 0.159 e. The molecular weight excluding hydrogens is 411 g/mol. The van der Waals surface area contributed by atoms with Crippen LogP contribution in [0.1, 0.15) is 103 Å². The Morgan fingerprint density at radius 1 is 0.788 bits per heavy atom. The van der Waals surface area contributed by atoms with Crippen molar-refractivity contribution in [3.8, 4) is 17.1 Å². The number of aromatic nitrogens is 2. The summed E-state index contributed by atoms with van der Waals surface area (Å²) in [6, 6.07) is 7.65. The molecule has 0 N–H and O–H groups in total. The lowest BCUT2D eigenvalue weighted by molar-refractivity contribution is 0.182. The molecule has 0 fully saturated rings. The van der Waals surface area contributed by atoms with Crippen molar-refractivity contribution in [2.45, 2.75) is 110 Å². The van der Waals surface area contributed by atoms with Crippen molar-refractivity contribution in [2.24, 2.45) is 5.92 Å². The summed E-state index contributed by atoms with van der Waals surface area (Å²) in [5, 5.41) is 0. The van der Waals surface area contributed by atoms with E-state index in [9.17, 15) is 4.39 Å². The largest absolute Gasteiger partial charge is 0.491 e. The van der Waals surface area contributed by atoms with Crippen LogP contribution in [-0.4, -0.2) is 22.7 Å². The molecule has 0 bridgehead atoms. The van der Waals surface area contributed by atoms with E-state index in [1.807, 2.05) is 36.7 Å². The summed E-state index contributed by atoms with van der Waals surface area (Å²) in [5.41, 5.74) is 2.15. The quantitative estimate of drug-likeness (QED) is 0.210. The smallest absolute Gasteiger partial charge is 0.159 e. The van der Waals surface area contributed by atoms with E-state index in [0.717, 1.165) is 24.8 Å². The Morgan fingerprint density at radius 3 is 2.12 bits per heavy atom. The van der Waals surface area contributed by atoms with Gasteiger partial charge in [0.25, 0.3) is 0 Å². The molecule has 3 nitrogen and oxygen atoms in total. The van der Waals surface area contributed by atoms with E-state index < -0.39 is 6.17 Å². The van der Waals surface area contributed by atoms with Crippen molar-refractivity contribution in [3.63, 3.8) is 0 Å². The molecule has 2 atom stereocenters. The summed E-state index contributed by atoms with van der Waals surface area (Å²) in [7, 11) is 0. The van der Waals surface area contributed by atoms with E-state index >= 15 is 0 Å². The van der Waals surface area contributed by atoms with Crippen LogP contribution in [0.3, 0.4) is 0 Å². The van der Waals surface area contributed by atoms with Crippen LogP contribution < -0.4 is 4.74 Å². The van der Waals surface area contributed by atoms with Crippen LogP contribution in [0.2, 0.25) is 0 Å². The van der Waals surface area contributed by atoms with E-state index in [2.05, 4.69) is 30.7 Å². The maximum atomic E-state index is 14.2. The van der Waals surface area contributed by atoms with Gasteiger partial charge in [-0.05, 0) is 55.0 Å². The first-order chi connectivity index (χ1) is 16.1. The molecule has 0 aliphatic heterocycles. The van der Waals surface area contributed by atoms with Gasteiger partial charge in [-0.1, -0.05) is 85.0 Å². The molecule has 0 radical (unpaired) electrons. The first kappa shape index (κ1) is 27.3. The Balaban J connectivity index is 1.68. The average molecular weight is 457 g/mol. The normalized spacial score (nSPS) is 13.1.